The highest BCUT2D eigenvalue weighted by Crippen LogP contribution is 2.12. The van der Waals surface area contributed by atoms with Gasteiger partial charge in [-0.25, -0.2) is 14.8 Å². The first-order valence-corrected chi connectivity index (χ1v) is 9.45. The SMILES string of the molecule is CCNC(=NCc1cn2ccsc2n1)N1CCN(C(=O)OCC)CC1. The van der Waals surface area contributed by atoms with Gasteiger partial charge in [-0.3, -0.25) is 4.40 Å². The van der Waals surface area contributed by atoms with E-state index in [1.807, 2.05) is 29.1 Å². The van der Waals surface area contributed by atoms with Crippen LogP contribution in [0.15, 0.2) is 22.8 Å². The summed E-state index contributed by atoms with van der Waals surface area (Å²) in [7, 11) is 0. The lowest BCUT2D eigenvalue weighted by Crippen LogP contribution is -2.53. The van der Waals surface area contributed by atoms with Crippen molar-refractivity contribution in [3.8, 4) is 0 Å². The number of guanidine groups is 1. The maximum Gasteiger partial charge on any atom is 0.409 e. The number of nitrogens with zero attached hydrogens (tertiary/aromatic N) is 5. The second-order valence-electron chi connectivity index (χ2n) is 5.67. The van der Waals surface area contributed by atoms with Crippen LogP contribution in [0.1, 0.15) is 19.5 Å². The number of thiazole rings is 1. The van der Waals surface area contributed by atoms with Gasteiger partial charge in [-0.1, -0.05) is 0 Å². The minimum Gasteiger partial charge on any atom is -0.450 e. The number of nitrogens with one attached hydrogen (secondary N) is 1. The van der Waals surface area contributed by atoms with E-state index < -0.39 is 0 Å². The van der Waals surface area contributed by atoms with Gasteiger partial charge in [0.2, 0.25) is 0 Å². The molecule has 0 unspecified atom stereocenters. The summed E-state index contributed by atoms with van der Waals surface area (Å²) < 4.78 is 7.08. The van der Waals surface area contributed by atoms with Crippen LogP contribution in [0.3, 0.4) is 0 Å². The fourth-order valence-corrected chi connectivity index (χ4v) is 3.47. The molecule has 3 rings (SSSR count). The molecule has 0 aromatic carbocycles. The number of amides is 1. The quantitative estimate of drug-likeness (QED) is 0.659. The van der Waals surface area contributed by atoms with Crippen LogP contribution < -0.4 is 5.32 Å². The minimum absolute atomic E-state index is 0.234. The van der Waals surface area contributed by atoms with Crippen molar-refractivity contribution in [3.05, 3.63) is 23.5 Å². The molecule has 2 aromatic rings. The Hall–Kier alpha value is -2.29. The van der Waals surface area contributed by atoms with Crippen LogP contribution in [0.25, 0.3) is 4.96 Å². The number of imidazole rings is 1. The molecule has 0 radical (unpaired) electrons. The fourth-order valence-electron chi connectivity index (χ4n) is 2.75. The van der Waals surface area contributed by atoms with Crippen LogP contribution >= 0.6 is 11.3 Å². The number of hydrogen-bond donors (Lipinski definition) is 1. The summed E-state index contributed by atoms with van der Waals surface area (Å²) in [6, 6.07) is 0. The summed E-state index contributed by atoms with van der Waals surface area (Å²) >= 11 is 1.62. The van der Waals surface area contributed by atoms with Crippen molar-refractivity contribution in [1.82, 2.24) is 24.5 Å². The van der Waals surface area contributed by atoms with Gasteiger partial charge in [0.15, 0.2) is 10.9 Å². The van der Waals surface area contributed by atoms with E-state index in [1.165, 1.54) is 0 Å². The van der Waals surface area contributed by atoms with E-state index in [9.17, 15) is 4.79 Å². The lowest BCUT2D eigenvalue weighted by atomic mass is 10.3. The van der Waals surface area contributed by atoms with Crippen molar-refractivity contribution in [3.63, 3.8) is 0 Å². The topological polar surface area (TPSA) is 74.5 Å². The van der Waals surface area contributed by atoms with Gasteiger partial charge in [-0.15, -0.1) is 11.3 Å². The molecular weight excluding hydrogens is 340 g/mol. The highest BCUT2D eigenvalue weighted by molar-refractivity contribution is 7.15. The molecule has 0 spiro atoms. The van der Waals surface area contributed by atoms with Gasteiger partial charge < -0.3 is 19.9 Å². The first-order chi connectivity index (χ1) is 12.2. The molecule has 1 fully saturated rings. The molecule has 25 heavy (non-hydrogen) atoms. The summed E-state index contributed by atoms with van der Waals surface area (Å²) in [6.07, 6.45) is 3.78. The van der Waals surface area contributed by atoms with E-state index in [-0.39, 0.29) is 6.09 Å². The summed E-state index contributed by atoms with van der Waals surface area (Å²) in [5.74, 6) is 0.863. The van der Waals surface area contributed by atoms with Crippen LogP contribution in [-0.2, 0) is 11.3 Å². The largest absolute Gasteiger partial charge is 0.450 e. The lowest BCUT2D eigenvalue weighted by molar-refractivity contribution is 0.0914. The molecule has 9 heteroatoms. The maximum absolute atomic E-state index is 11.8. The van der Waals surface area contributed by atoms with Gasteiger partial charge >= 0.3 is 6.09 Å². The number of carbonyl (C=O) groups is 1. The van der Waals surface area contributed by atoms with Gasteiger partial charge in [-0.05, 0) is 13.8 Å². The van der Waals surface area contributed by atoms with Crippen LogP contribution in [0.5, 0.6) is 0 Å². The third-order valence-electron chi connectivity index (χ3n) is 3.97. The zero-order valence-electron chi connectivity index (χ0n) is 14.6. The zero-order chi connectivity index (χ0) is 17.6. The number of piperazine rings is 1. The molecule has 1 amide bonds. The first-order valence-electron chi connectivity index (χ1n) is 8.57. The Morgan fingerprint density at radius 2 is 2.08 bits per heavy atom. The molecule has 3 heterocycles. The summed E-state index contributed by atoms with van der Waals surface area (Å²) in [6.45, 7) is 8.38. The Morgan fingerprint density at radius 3 is 2.76 bits per heavy atom. The number of rotatable bonds is 4. The number of hydrogen-bond acceptors (Lipinski definition) is 5. The Labute approximate surface area is 151 Å². The summed E-state index contributed by atoms with van der Waals surface area (Å²) in [5, 5.41) is 5.34. The van der Waals surface area contributed by atoms with Gasteiger partial charge in [0.25, 0.3) is 0 Å². The van der Waals surface area contributed by atoms with Crippen molar-refractivity contribution in [1.29, 1.82) is 0 Å². The molecule has 136 valence electrons. The Balaban J connectivity index is 1.60. The van der Waals surface area contributed by atoms with Gasteiger partial charge in [-0.2, -0.15) is 0 Å². The van der Waals surface area contributed by atoms with Crippen molar-refractivity contribution in [2.45, 2.75) is 20.4 Å². The van der Waals surface area contributed by atoms with Crippen molar-refractivity contribution in [2.24, 2.45) is 4.99 Å². The Morgan fingerprint density at radius 1 is 1.32 bits per heavy atom. The Kier molecular flexibility index (Phi) is 5.75. The maximum atomic E-state index is 11.8. The van der Waals surface area contributed by atoms with E-state index >= 15 is 0 Å². The lowest BCUT2D eigenvalue weighted by Gasteiger charge is -2.35. The second kappa shape index (κ2) is 8.19. The van der Waals surface area contributed by atoms with Crippen LogP contribution in [0, 0.1) is 0 Å². The number of ether oxygens (including phenoxy) is 1. The first kappa shape index (κ1) is 17.5. The predicted octanol–water partition coefficient (Wildman–Crippen LogP) is 1.64. The number of carbonyl (C=O) groups excluding carboxylic acids is 1. The molecule has 0 saturated carbocycles. The normalized spacial score (nSPS) is 15.7. The van der Waals surface area contributed by atoms with E-state index in [0.29, 0.717) is 26.2 Å². The monoisotopic (exact) mass is 364 g/mol. The van der Waals surface area contributed by atoms with Crippen LogP contribution in [0.2, 0.25) is 0 Å². The van der Waals surface area contributed by atoms with Crippen molar-refractivity contribution in [2.75, 3.05) is 39.3 Å². The van der Waals surface area contributed by atoms with Crippen molar-refractivity contribution < 1.29 is 9.53 Å². The number of aliphatic imine (C=N–C) groups is 1. The van der Waals surface area contributed by atoms with Gasteiger partial charge in [0.1, 0.15) is 0 Å². The molecule has 1 aliphatic rings. The predicted molar refractivity (Wildman–Crippen MR) is 98.1 cm³/mol. The minimum atomic E-state index is -0.234. The highest BCUT2D eigenvalue weighted by Gasteiger charge is 2.23. The summed E-state index contributed by atoms with van der Waals surface area (Å²) in [4.78, 5) is 26.0. The number of fused-ring (bicyclic) bond motifs is 1. The standard InChI is InChI=1S/C16H24N6O2S/c1-3-17-14(18-11-13-12-22-9-10-25-15(22)19-13)20-5-7-21(8-6-20)16(23)24-4-2/h9-10,12H,3-8,11H2,1-2H3,(H,17,18). The average molecular weight is 364 g/mol. The molecule has 1 N–H and O–H groups in total. The van der Waals surface area contributed by atoms with E-state index in [1.54, 1.807) is 16.2 Å². The molecule has 1 aliphatic heterocycles. The molecule has 0 atom stereocenters. The third kappa shape index (κ3) is 4.22. The van der Waals surface area contributed by atoms with E-state index in [0.717, 1.165) is 36.2 Å². The van der Waals surface area contributed by atoms with Crippen molar-refractivity contribution >= 4 is 28.4 Å². The molecule has 0 bridgehead atoms. The van der Waals surface area contributed by atoms with Crippen LogP contribution in [-0.4, -0.2) is 70.6 Å². The average Bonchev–Trinajstić information content (AvgIpc) is 3.20. The molecule has 1 saturated heterocycles. The molecular formula is C16H24N6O2S. The second-order valence-corrected chi connectivity index (χ2v) is 6.54. The molecule has 0 aliphatic carbocycles. The highest BCUT2D eigenvalue weighted by atomic mass is 32.1. The summed E-state index contributed by atoms with van der Waals surface area (Å²) in [5.41, 5.74) is 0.951. The van der Waals surface area contributed by atoms with Gasteiger partial charge in [0, 0.05) is 50.5 Å². The number of aromatic nitrogens is 2. The smallest absolute Gasteiger partial charge is 0.409 e. The third-order valence-corrected chi connectivity index (χ3v) is 4.74. The van der Waals surface area contributed by atoms with E-state index in [4.69, 9.17) is 9.73 Å². The van der Waals surface area contributed by atoms with Crippen LogP contribution in [0.4, 0.5) is 4.79 Å². The van der Waals surface area contributed by atoms with Gasteiger partial charge in [0.05, 0.1) is 18.8 Å². The fraction of sp³-hybridized carbons (Fsp3) is 0.562. The Bertz CT molecular complexity index is 703. The molecule has 8 nitrogen and oxygen atoms in total. The molecule has 2 aromatic heterocycles. The zero-order valence-corrected chi connectivity index (χ0v) is 15.5. The van der Waals surface area contributed by atoms with E-state index in [2.05, 4.69) is 22.1 Å².